The van der Waals surface area contributed by atoms with E-state index in [1.807, 2.05) is 12.1 Å². The number of hydrogen-bond donors (Lipinski definition) is 0. The molecule has 1 heterocycles. The number of nitro benzene ring substituents is 1. The number of benzene rings is 2. The average Bonchev–Trinajstić information content (AvgIpc) is 2.82. The lowest BCUT2D eigenvalue weighted by Gasteiger charge is -2.22. The molecule has 8 heteroatoms. The number of nitrogens with zero attached hydrogens (tertiary/aromatic N) is 4. The van der Waals surface area contributed by atoms with Gasteiger partial charge in [-0.15, -0.1) is 0 Å². The van der Waals surface area contributed by atoms with Crippen molar-refractivity contribution in [2.45, 2.75) is 38.0 Å². The second-order valence-electron chi connectivity index (χ2n) is 7.77. The van der Waals surface area contributed by atoms with E-state index in [-0.39, 0.29) is 29.5 Å². The van der Waals surface area contributed by atoms with Crippen LogP contribution in [0.5, 0.6) is 5.75 Å². The summed E-state index contributed by atoms with van der Waals surface area (Å²) in [5.41, 5.74) is 0.723. The molecule has 0 aliphatic heterocycles. The van der Waals surface area contributed by atoms with Crippen molar-refractivity contribution in [3.05, 3.63) is 87.0 Å². The lowest BCUT2D eigenvalue weighted by Crippen LogP contribution is -2.25. The minimum Gasteiger partial charge on any atom is -0.483 e. The number of nitro groups is 1. The van der Waals surface area contributed by atoms with Gasteiger partial charge in [0, 0.05) is 17.5 Å². The first kappa shape index (κ1) is 21.4. The maximum Gasteiger partial charge on any atom is 0.311 e. The number of fused-ring (bicyclic) bond motifs is 1. The third kappa shape index (κ3) is 4.44. The summed E-state index contributed by atoms with van der Waals surface area (Å²) in [6, 6.07) is 11.8. The van der Waals surface area contributed by atoms with Crippen molar-refractivity contribution in [3.8, 4) is 5.75 Å². The highest BCUT2D eigenvalue weighted by atomic mass is 16.6. The van der Waals surface area contributed by atoms with Gasteiger partial charge in [0.05, 0.1) is 22.0 Å². The van der Waals surface area contributed by atoms with Crippen molar-refractivity contribution in [3.63, 3.8) is 0 Å². The van der Waals surface area contributed by atoms with Crippen molar-refractivity contribution < 1.29 is 9.66 Å². The summed E-state index contributed by atoms with van der Waals surface area (Å²) in [5.74, 6) is 0.951. The molecule has 0 unspecified atom stereocenters. The summed E-state index contributed by atoms with van der Waals surface area (Å²) < 4.78 is 6.72. The molecule has 3 aromatic rings. The van der Waals surface area contributed by atoms with Crippen LogP contribution in [-0.2, 0) is 0 Å². The molecule has 8 nitrogen and oxygen atoms in total. The number of ether oxygens (including phenoxy) is 1. The Morgan fingerprint density at radius 1 is 1.22 bits per heavy atom. The first-order valence-corrected chi connectivity index (χ1v) is 10.7. The molecule has 1 aliphatic carbocycles. The SMILES string of the molecule is C=CCOc1ccc(C=Nn2c(C3CCCCC3)nc3ccccc3c2=O)cc1[N+](=O)[O-]. The van der Waals surface area contributed by atoms with Gasteiger partial charge in [0.15, 0.2) is 5.75 Å². The van der Waals surface area contributed by atoms with Gasteiger partial charge >= 0.3 is 5.69 Å². The van der Waals surface area contributed by atoms with Crippen molar-refractivity contribution in [2.24, 2.45) is 5.10 Å². The summed E-state index contributed by atoms with van der Waals surface area (Å²) in [6.07, 6.45) is 8.26. The highest BCUT2D eigenvalue weighted by Gasteiger charge is 2.22. The smallest absolute Gasteiger partial charge is 0.311 e. The minimum absolute atomic E-state index is 0.152. The normalized spacial score (nSPS) is 14.6. The minimum atomic E-state index is -0.507. The lowest BCUT2D eigenvalue weighted by atomic mass is 9.88. The van der Waals surface area contributed by atoms with Gasteiger partial charge in [0.1, 0.15) is 12.4 Å². The van der Waals surface area contributed by atoms with Crippen LogP contribution in [0.1, 0.15) is 49.4 Å². The summed E-state index contributed by atoms with van der Waals surface area (Å²) in [7, 11) is 0. The molecule has 0 radical (unpaired) electrons. The summed E-state index contributed by atoms with van der Waals surface area (Å²) in [5, 5.41) is 16.4. The number of aromatic nitrogens is 2. The average molecular weight is 432 g/mol. The van der Waals surface area contributed by atoms with Crippen LogP contribution in [0.3, 0.4) is 0 Å². The van der Waals surface area contributed by atoms with Crippen LogP contribution < -0.4 is 10.3 Å². The Labute approximate surface area is 185 Å². The number of rotatable bonds is 7. The van der Waals surface area contributed by atoms with E-state index in [2.05, 4.69) is 11.7 Å². The van der Waals surface area contributed by atoms with E-state index < -0.39 is 4.92 Å². The molecule has 0 spiro atoms. The summed E-state index contributed by atoms with van der Waals surface area (Å²) in [6.45, 7) is 3.72. The highest BCUT2D eigenvalue weighted by molar-refractivity contribution is 5.82. The fraction of sp³-hybridized carbons (Fsp3) is 0.292. The van der Waals surface area contributed by atoms with Gasteiger partial charge in [-0.2, -0.15) is 9.78 Å². The van der Waals surface area contributed by atoms with Gasteiger partial charge in [-0.3, -0.25) is 14.9 Å². The van der Waals surface area contributed by atoms with E-state index in [0.717, 1.165) is 25.7 Å². The molecule has 164 valence electrons. The summed E-state index contributed by atoms with van der Waals surface area (Å²) in [4.78, 5) is 29.0. The van der Waals surface area contributed by atoms with E-state index in [0.29, 0.717) is 22.3 Å². The molecule has 0 bridgehead atoms. The van der Waals surface area contributed by atoms with Crippen LogP contribution in [0.4, 0.5) is 5.69 Å². The van der Waals surface area contributed by atoms with Gasteiger partial charge in [0.25, 0.3) is 5.56 Å². The molecule has 1 saturated carbocycles. The Balaban J connectivity index is 1.77. The highest BCUT2D eigenvalue weighted by Crippen LogP contribution is 2.32. The monoisotopic (exact) mass is 432 g/mol. The second kappa shape index (κ2) is 9.55. The first-order chi connectivity index (χ1) is 15.6. The zero-order valence-electron chi connectivity index (χ0n) is 17.6. The van der Waals surface area contributed by atoms with Crippen molar-refractivity contribution >= 4 is 22.8 Å². The van der Waals surface area contributed by atoms with Gasteiger partial charge in [0.2, 0.25) is 0 Å². The Morgan fingerprint density at radius 3 is 2.75 bits per heavy atom. The Hall–Kier alpha value is -3.81. The summed E-state index contributed by atoms with van der Waals surface area (Å²) >= 11 is 0. The molecule has 0 saturated heterocycles. The molecule has 1 aromatic heterocycles. The second-order valence-corrected chi connectivity index (χ2v) is 7.77. The van der Waals surface area contributed by atoms with E-state index >= 15 is 0 Å². The van der Waals surface area contributed by atoms with Crippen LogP contribution in [0.25, 0.3) is 10.9 Å². The number of hydrogen-bond acceptors (Lipinski definition) is 6. The van der Waals surface area contributed by atoms with E-state index in [9.17, 15) is 14.9 Å². The zero-order valence-corrected chi connectivity index (χ0v) is 17.6. The topological polar surface area (TPSA) is 99.6 Å². The largest absolute Gasteiger partial charge is 0.483 e. The van der Waals surface area contributed by atoms with Gasteiger partial charge < -0.3 is 4.74 Å². The Morgan fingerprint density at radius 2 is 2.00 bits per heavy atom. The van der Waals surface area contributed by atoms with Crippen molar-refractivity contribution in [1.82, 2.24) is 9.66 Å². The molecule has 0 N–H and O–H groups in total. The van der Waals surface area contributed by atoms with Crippen LogP contribution in [0, 0.1) is 10.1 Å². The van der Waals surface area contributed by atoms with Crippen LogP contribution >= 0.6 is 0 Å². The third-order valence-corrected chi connectivity index (χ3v) is 5.61. The third-order valence-electron chi connectivity index (χ3n) is 5.61. The molecule has 2 aromatic carbocycles. The fourth-order valence-electron chi connectivity index (χ4n) is 4.03. The maximum absolute atomic E-state index is 13.2. The van der Waals surface area contributed by atoms with E-state index in [4.69, 9.17) is 9.72 Å². The van der Waals surface area contributed by atoms with Gasteiger partial charge in [-0.1, -0.05) is 44.1 Å². The maximum atomic E-state index is 13.2. The van der Waals surface area contributed by atoms with E-state index in [1.165, 1.54) is 35.5 Å². The molecule has 32 heavy (non-hydrogen) atoms. The van der Waals surface area contributed by atoms with Gasteiger partial charge in [-0.25, -0.2) is 4.98 Å². The van der Waals surface area contributed by atoms with Crippen molar-refractivity contribution in [1.29, 1.82) is 0 Å². The quantitative estimate of drug-likeness (QED) is 0.231. The predicted molar refractivity (Wildman–Crippen MR) is 124 cm³/mol. The standard InChI is InChI=1S/C24H24N4O4/c1-2-14-32-22-13-12-17(15-21(22)28(30)31)16-25-27-23(18-8-4-3-5-9-18)26-20-11-7-6-10-19(20)24(27)29/h2,6-7,10-13,15-16,18H,1,3-5,8-9,14H2. The fourth-order valence-corrected chi connectivity index (χ4v) is 4.03. The van der Waals surface area contributed by atoms with Crippen LogP contribution in [0.2, 0.25) is 0 Å². The lowest BCUT2D eigenvalue weighted by molar-refractivity contribution is -0.385. The Kier molecular flexibility index (Phi) is 6.39. The first-order valence-electron chi connectivity index (χ1n) is 10.7. The molecular weight excluding hydrogens is 408 g/mol. The molecule has 0 atom stereocenters. The van der Waals surface area contributed by atoms with Crippen LogP contribution in [-0.4, -0.2) is 27.4 Å². The van der Waals surface area contributed by atoms with Gasteiger partial charge in [-0.05, 0) is 37.1 Å². The van der Waals surface area contributed by atoms with Crippen LogP contribution in [0.15, 0.2) is 65.0 Å². The van der Waals surface area contributed by atoms with Crippen molar-refractivity contribution in [2.75, 3.05) is 6.61 Å². The molecular formula is C24H24N4O4. The predicted octanol–water partition coefficient (Wildman–Crippen LogP) is 4.80. The zero-order chi connectivity index (χ0) is 22.5. The Bertz CT molecular complexity index is 1240. The molecule has 0 amide bonds. The molecule has 1 aliphatic rings. The van der Waals surface area contributed by atoms with E-state index in [1.54, 1.807) is 18.2 Å². The molecule has 1 fully saturated rings. The molecule has 4 rings (SSSR count). The number of para-hydroxylation sites is 1.